The number of imide groups is 2. The van der Waals surface area contributed by atoms with Gasteiger partial charge in [0.2, 0.25) is 0 Å². The topological polar surface area (TPSA) is 114 Å². The molecular formula is C26H21N3O6. The Bertz CT molecular complexity index is 1300. The van der Waals surface area contributed by atoms with E-state index in [1.165, 1.54) is 6.08 Å². The zero-order chi connectivity index (χ0) is 24.8. The van der Waals surface area contributed by atoms with Crippen LogP contribution < -0.4 is 25.0 Å². The lowest BCUT2D eigenvalue weighted by molar-refractivity contribution is -0.122. The average Bonchev–Trinajstić information content (AvgIpc) is 2.86. The van der Waals surface area contributed by atoms with Crippen LogP contribution in [0.25, 0.3) is 6.08 Å². The average molecular weight is 471 g/mol. The Hall–Kier alpha value is -4.92. The van der Waals surface area contributed by atoms with Gasteiger partial charge in [-0.3, -0.25) is 19.7 Å². The summed E-state index contributed by atoms with van der Waals surface area (Å²) >= 11 is 0. The maximum atomic E-state index is 12.9. The van der Waals surface area contributed by atoms with E-state index >= 15 is 0 Å². The van der Waals surface area contributed by atoms with Gasteiger partial charge in [-0.2, -0.15) is 0 Å². The van der Waals surface area contributed by atoms with Crippen molar-refractivity contribution in [2.75, 3.05) is 23.9 Å². The molecule has 5 amide bonds. The summed E-state index contributed by atoms with van der Waals surface area (Å²) in [7, 11) is 1.56. The fourth-order valence-corrected chi connectivity index (χ4v) is 3.35. The van der Waals surface area contributed by atoms with Crippen molar-refractivity contribution in [3.63, 3.8) is 0 Å². The standard InChI is InChI=1S/C26H21N3O6/c1-34-20-12-10-18(11-13-20)27-23(30)16-35-21-9-5-6-17(14-21)15-22-24(31)28-26(33)29(25(22)32)19-7-3-2-4-8-19/h2-15H,16H2,1H3,(H,27,30)(H,28,31,33). The first kappa shape index (κ1) is 23.2. The van der Waals surface area contributed by atoms with Crippen molar-refractivity contribution in [3.05, 3.63) is 90.0 Å². The summed E-state index contributed by atoms with van der Waals surface area (Å²) in [6.07, 6.45) is 1.37. The van der Waals surface area contributed by atoms with Crippen LogP contribution in [0.15, 0.2) is 84.4 Å². The highest BCUT2D eigenvalue weighted by molar-refractivity contribution is 6.39. The van der Waals surface area contributed by atoms with Crippen molar-refractivity contribution < 1.29 is 28.7 Å². The van der Waals surface area contributed by atoms with Crippen molar-refractivity contribution in [2.45, 2.75) is 0 Å². The molecule has 1 aliphatic rings. The summed E-state index contributed by atoms with van der Waals surface area (Å²) in [6, 6.07) is 20.9. The van der Waals surface area contributed by atoms with Crippen LogP contribution in [0.4, 0.5) is 16.2 Å². The molecule has 0 aliphatic carbocycles. The van der Waals surface area contributed by atoms with Crippen molar-refractivity contribution in [1.82, 2.24) is 5.32 Å². The minimum absolute atomic E-state index is 0.206. The molecule has 1 fully saturated rings. The number of hydrogen-bond acceptors (Lipinski definition) is 6. The number of barbiturate groups is 1. The molecule has 0 saturated carbocycles. The number of urea groups is 1. The van der Waals surface area contributed by atoms with Crippen molar-refractivity contribution in [1.29, 1.82) is 0 Å². The fraction of sp³-hybridized carbons (Fsp3) is 0.0769. The number of carbonyl (C=O) groups excluding carboxylic acids is 4. The van der Waals surface area contributed by atoms with E-state index in [1.54, 1.807) is 86.0 Å². The van der Waals surface area contributed by atoms with Gasteiger partial charge < -0.3 is 14.8 Å². The predicted octanol–water partition coefficient (Wildman–Crippen LogP) is 3.38. The van der Waals surface area contributed by atoms with E-state index < -0.39 is 17.8 Å². The Morgan fingerprint density at radius 3 is 2.40 bits per heavy atom. The van der Waals surface area contributed by atoms with Crippen LogP contribution >= 0.6 is 0 Å². The summed E-state index contributed by atoms with van der Waals surface area (Å²) < 4.78 is 10.6. The molecule has 35 heavy (non-hydrogen) atoms. The first-order valence-corrected chi connectivity index (χ1v) is 10.6. The quantitative estimate of drug-likeness (QED) is 0.403. The normalized spacial score (nSPS) is 14.5. The molecule has 0 atom stereocenters. The number of nitrogens with zero attached hydrogens (tertiary/aromatic N) is 1. The lowest BCUT2D eigenvalue weighted by atomic mass is 10.1. The number of amides is 5. The molecule has 0 spiro atoms. The first-order valence-electron chi connectivity index (χ1n) is 10.6. The second kappa shape index (κ2) is 10.3. The number of benzene rings is 3. The third-order valence-electron chi connectivity index (χ3n) is 5.03. The number of methoxy groups -OCH3 is 1. The van der Waals surface area contributed by atoms with Crippen LogP contribution in [0.3, 0.4) is 0 Å². The third-order valence-corrected chi connectivity index (χ3v) is 5.03. The van der Waals surface area contributed by atoms with Gasteiger partial charge in [-0.05, 0) is 60.2 Å². The summed E-state index contributed by atoms with van der Waals surface area (Å²) in [5, 5.41) is 4.89. The predicted molar refractivity (Wildman–Crippen MR) is 129 cm³/mol. The molecule has 3 aromatic carbocycles. The molecule has 1 aliphatic heterocycles. The van der Waals surface area contributed by atoms with E-state index in [1.807, 2.05) is 0 Å². The number of nitrogens with one attached hydrogen (secondary N) is 2. The van der Waals surface area contributed by atoms with E-state index in [2.05, 4.69) is 10.6 Å². The summed E-state index contributed by atoms with van der Waals surface area (Å²) in [5.74, 6) is -0.860. The number of hydrogen-bond donors (Lipinski definition) is 2. The molecule has 9 nitrogen and oxygen atoms in total. The molecular weight excluding hydrogens is 450 g/mol. The van der Waals surface area contributed by atoms with E-state index in [4.69, 9.17) is 9.47 Å². The van der Waals surface area contributed by atoms with Crippen LogP contribution in [-0.2, 0) is 14.4 Å². The molecule has 1 heterocycles. The second-order valence-electron chi connectivity index (χ2n) is 7.43. The van der Waals surface area contributed by atoms with Gasteiger partial charge in [-0.1, -0.05) is 30.3 Å². The number of carbonyl (C=O) groups is 4. The van der Waals surface area contributed by atoms with Gasteiger partial charge in [0.05, 0.1) is 12.8 Å². The maximum absolute atomic E-state index is 12.9. The van der Waals surface area contributed by atoms with Gasteiger partial charge in [0, 0.05) is 5.69 Å². The van der Waals surface area contributed by atoms with Gasteiger partial charge in [-0.25, -0.2) is 9.69 Å². The van der Waals surface area contributed by atoms with Crippen LogP contribution in [-0.4, -0.2) is 37.5 Å². The molecule has 0 aromatic heterocycles. The third kappa shape index (κ3) is 5.53. The van der Waals surface area contributed by atoms with E-state index in [-0.39, 0.29) is 18.1 Å². The van der Waals surface area contributed by atoms with E-state index in [9.17, 15) is 19.2 Å². The molecule has 1 saturated heterocycles. The smallest absolute Gasteiger partial charge is 0.335 e. The molecule has 0 bridgehead atoms. The SMILES string of the molecule is COc1ccc(NC(=O)COc2cccc(C=C3C(=O)NC(=O)N(c4ccccc4)C3=O)c2)cc1. The molecule has 176 valence electrons. The van der Waals surface area contributed by atoms with Gasteiger partial charge in [0.15, 0.2) is 6.61 Å². The first-order chi connectivity index (χ1) is 16.9. The Balaban J connectivity index is 1.45. The molecule has 2 N–H and O–H groups in total. The highest BCUT2D eigenvalue weighted by Gasteiger charge is 2.36. The minimum atomic E-state index is -0.816. The maximum Gasteiger partial charge on any atom is 0.335 e. The van der Waals surface area contributed by atoms with Crippen LogP contribution in [0.5, 0.6) is 11.5 Å². The fourth-order valence-electron chi connectivity index (χ4n) is 3.35. The summed E-state index contributed by atoms with van der Waals surface area (Å²) in [5.41, 5.74) is 1.22. The van der Waals surface area contributed by atoms with E-state index in [0.717, 1.165) is 4.90 Å². The molecule has 4 rings (SSSR count). The zero-order valence-corrected chi connectivity index (χ0v) is 18.7. The Morgan fingerprint density at radius 2 is 1.69 bits per heavy atom. The molecule has 9 heteroatoms. The van der Waals surface area contributed by atoms with Crippen molar-refractivity contribution >= 4 is 41.2 Å². The summed E-state index contributed by atoms with van der Waals surface area (Å²) in [4.78, 5) is 50.7. The highest BCUT2D eigenvalue weighted by atomic mass is 16.5. The second-order valence-corrected chi connectivity index (χ2v) is 7.43. The van der Waals surface area contributed by atoms with Crippen molar-refractivity contribution in [3.8, 4) is 11.5 Å². The van der Waals surface area contributed by atoms with Crippen LogP contribution in [0.2, 0.25) is 0 Å². The highest BCUT2D eigenvalue weighted by Crippen LogP contribution is 2.23. The Kier molecular flexibility index (Phi) is 6.87. The van der Waals surface area contributed by atoms with Crippen molar-refractivity contribution in [2.24, 2.45) is 0 Å². The van der Waals surface area contributed by atoms with Gasteiger partial charge in [-0.15, -0.1) is 0 Å². The lowest BCUT2D eigenvalue weighted by Crippen LogP contribution is -2.54. The number of rotatable bonds is 7. The Labute approximate surface area is 201 Å². The minimum Gasteiger partial charge on any atom is -0.497 e. The number of anilines is 2. The van der Waals surface area contributed by atoms with Crippen LogP contribution in [0.1, 0.15) is 5.56 Å². The van der Waals surface area contributed by atoms with Crippen LogP contribution in [0, 0.1) is 0 Å². The zero-order valence-electron chi connectivity index (χ0n) is 18.7. The van der Waals surface area contributed by atoms with Gasteiger partial charge in [0.1, 0.15) is 17.1 Å². The van der Waals surface area contributed by atoms with Gasteiger partial charge in [0.25, 0.3) is 17.7 Å². The molecule has 0 unspecified atom stereocenters. The number of ether oxygens (including phenoxy) is 2. The lowest BCUT2D eigenvalue weighted by Gasteiger charge is -2.26. The molecule has 0 radical (unpaired) electrons. The Morgan fingerprint density at radius 1 is 0.943 bits per heavy atom. The largest absolute Gasteiger partial charge is 0.497 e. The monoisotopic (exact) mass is 471 g/mol. The van der Waals surface area contributed by atoms with E-state index in [0.29, 0.717) is 28.4 Å². The summed E-state index contributed by atoms with van der Waals surface area (Å²) in [6.45, 7) is -0.248. The molecule has 3 aromatic rings. The number of para-hydroxylation sites is 1. The van der Waals surface area contributed by atoms with Gasteiger partial charge >= 0.3 is 6.03 Å².